The molecule has 0 aliphatic heterocycles. The van der Waals surface area contributed by atoms with Crippen molar-refractivity contribution in [1.82, 2.24) is 14.8 Å². The van der Waals surface area contributed by atoms with Gasteiger partial charge in [-0.25, -0.2) is 0 Å². The molecule has 4 rings (SSSR count). The predicted octanol–water partition coefficient (Wildman–Crippen LogP) is 4.88. The van der Waals surface area contributed by atoms with Crippen molar-refractivity contribution in [2.75, 3.05) is 11.1 Å². The summed E-state index contributed by atoms with van der Waals surface area (Å²) in [5.74, 6) is 1.67. The smallest absolute Gasteiger partial charge is 0.234 e. The molecule has 0 saturated carbocycles. The molecule has 0 fully saturated rings. The normalized spacial score (nSPS) is 10.9. The minimum absolute atomic E-state index is 0.0854. The fraction of sp³-hybridized carbons (Fsp3) is 0.136. The van der Waals surface area contributed by atoms with Gasteiger partial charge in [0, 0.05) is 21.7 Å². The maximum absolute atomic E-state index is 12.2. The van der Waals surface area contributed by atoms with E-state index in [9.17, 15) is 4.79 Å². The second kappa shape index (κ2) is 9.48. The molecule has 0 atom stereocenters. The highest BCUT2D eigenvalue weighted by Crippen LogP contribution is 2.26. The molecule has 8 heteroatoms. The molecule has 0 aliphatic rings. The molecular weight excluding hydrogens is 511 g/mol. The van der Waals surface area contributed by atoms with E-state index in [1.165, 1.54) is 11.8 Å². The number of amides is 1. The van der Waals surface area contributed by atoms with Crippen molar-refractivity contribution < 1.29 is 9.53 Å². The first-order valence-corrected chi connectivity index (χ1v) is 11.3. The van der Waals surface area contributed by atoms with Crippen molar-refractivity contribution in [3.8, 4) is 5.75 Å². The Labute approximate surface area is 192 Å². The Hall–Kier alpha value is -2.59. The first-order valence-electron chi connectivity index (χ1n) is 9.27. The number of ether oxygens (including phenoxy) is 1. The summed E-state index contributed by atoms with van der Waals surface area (Å²) in [5.41, 5.74) is 0.781. The number of nitrogens with zero attached hydrogens (tertiary/aromatic N) is 3. The van der Waals surface area contributed by atoms with E-state index in [0.29, 0.717) is 17.6 Å². The van der Waals surface area contributed by atoms with E-state index in [1.807, 2.05) is 66.2 Å². The lowest BCUT2D eigenvalue weighted by Crippen LogP contribution is -2.14. The van der Waals surface area contributed by atoms with E-state index >= 15 is 0 Å². The third-order valence-electron chi connectivity index (χ3n) is 4.49. The van der Waals surface area contributed by atoms with Crippen LogP contribution in [0.25, 0.3) is 10.8 Å². The van der Waals surface area contributed by atoms with Gasteiger partial charge < -0.3 is 14.6 Å². The number of aromatic nitrogens is 3. The first-order chi connectivity index (χ1) is 14.6. The molecule has 6 nitrogen and oxygen atoms in total. The molecule has 0 aliphatic carbocycles. The van der Waals surface area contributed by atoms with E-state index in [0.717, 1.165) is 25.8 Å². The Morgan fingerprint density at radius 1 is 1.07 bits per heavy atom. The van der Waals surface area contributed by atoms with E-state index in [2.05, 4.69) is 50.2 Å². The standard InChI is InChI=1S/C22H19IN4O2S/c1-27-20(13-29-19-8-4-6-15-5-2-3-7-18(15)19)25-26-22(27)30-14-21(28)24-17-11-9-16(23)10-12-17/h2-12H,13-14H2,1H3,(H,24,28). The molecule has 4 aromatic rings. The van der Waals surface area contributed by atoms with Gasteiger partial charge in [0.25, 0.3) is 0 Å². The second-order valence-corrected chi connectivity index (χ2v) is 8.76. The lowest BCUT2D eigenvalue weighted by Gasteiger charge is -2.09. The van der Waals surface area contributed by atoms with Crippen molar-refractivity contribution in [3.63, 3.8) is 0 Å². The minimum atomic E-state index is -0.0854. The Morgan fingerprint density at radius 3 is 2.67 bits per heavy atom. The van der Waals surface area contributed by atoms with Gasteiger partial charge in [0.2, 0.25) is 5.91 Å². The number of hydrogen-bond acceptors (Lipinski definition) is 5. The molecule has 0 spiro atoms. The Kier molecular flexibility index (Phi) is 6.53. The van der Waals surface area contributed by atoms with Crippen LogP contribution in [0.4, 0.5) is 5.69 Å². The van der Waals surface area contributed by atoms with Gasteiger partial charge in [-0.3, -0.25) is 4.79 Å². The molecule has 1 aromatic heterocycles. The van der Waals surface area contributed by atoms with E-state index in [4.69, 9.17) is 4.74 Å². The molecular formula is C22H19IN4O2S. The van der Waals surface area contributed by atoms with Crippen molar-refractivity contribution in [2.24, 2.45) is 7.05 Å². The highest BCUT2D eigenvalue weighted by molar-refractivity contribution is 14.1. The van der Waals surface area contributed by atoms with Crippen LogP contribution in [0, 0.1) is 3.57 Å². The molecule has 1 N–H and O–H groups in total. The molecule has 0 bridgehead atoms. The number of carbonyl (C=O) groups excluding carboxylic acids is 1. The van der Waals surface area contributed by atoms with Gasteiger partial charge in [0.05, 0.1) is 5.75 Å². The zero-order valence-electron chi connectivity index (χ0n) is 16.2. The van der Waals surface area contributed by atoms with Crippen LogP contribution in [0.3, 0.4) is 0 Å². The molecule has 0 unspecified atom stereocenters. The molecule has 0 radical (unpaired) electrons. The fourth-order valence-corrected chi connectivity index (χ4v) is 4.01. The average Bonchev–Trinajstić information content (AvgIpc) is 3.12. The topological polar surface area (TPSA) is 69.0 Å². The van der Waals surface area contributed by atoms with Crippen LogP contribution in [0.15, 0.2) is 71.9 Å². The number of benzene rings is 3. The maximum atomic E-state index is 12.2. The zero-order valence-corrected chi connectivity index (χ0v) is 19.2. The summed E-state index contributed by atoms with van der Waals surface area (Å²) >= 11 is 3.57. The average molecular weight is 530 g/mol. The van der Waals surface area contributed by atoms with Gasteiger partial charge in [-0.05, 0) is 58.3 Å². The van der Waals surface area contributed by atoms with Gasteiger partial charge in [0.1, 0.15) is 12.4 Å². The third kappa shape index (κ3) is 4.93. The molecule has 1 heterocycles. The Bertz CT molecular complexity index is 1170. The van der Waals surface area contributed by atoms with Crippen LogP contribution in [0.2, 0.25) is 0 Å². The van der Waals surface area contributed by atoms with Crippen LogP contribution in [-0.4, -0.2) is 26.4 Å². The number of nitrogens with one attached hydrogen (secondary N) is 1. The summed E-state index contributed by atoms with van der Waals surface area (Å²) in [6, 6.07) is 21.7. The quantitative estimate of drug-likeness (QED) is 0.273. The highest BCUT2D eigenvalue weighted by atomic mass is 127. The van der Waals surface area contributed by atoms with Crippen LogP contribution in [0.5, 0.6) is 5.75 Å². The van der Waals surface area contributed by atoms with Crippen molar-refractivity contribution in [1.29, 1.82) is 0 Å². The molecule has 1 amide bonds. The Morgan fingerprint density at radius 2 is 1.83 bits per heavy atom. The van der Waals surface area contributed by atoms with Crippen LogP contribution < -0.4 is 10.1 Å². The van der Waals surface area contributed by atoms with Gasteiger partial charge in [0.15, 0.2) is 11.0 Å². The predicted molar refractivity (Wildman–Crippen MR) is 128 cm³/mol. The van der Waals surface area contributed by atoms with E-state index in [1.54, 1.807) is 0 Å². The lowest BCUT2D eigenvalue weighted by molar-refractivity contribution is -0.113. The summed E-state index contributed by atoms with van der Waals surface area (Å²) in [6.07, 6.45) is 0. The molecule has 30 heavy (non-hydrogen) atoms. The first kappa shape index (κ1) is 20.7. The van der Waals surface area contributed by atoms with Gasteiger partial charge in [-0.2, -0.15) is 0 Å². The van der Waals surface area contributed by atoms with Gasteiger partial charge >= 0.3 is 0 Å². The number of hydrogen-bond donors (Lipinski definition) is 1. The van der Waals surface area contributed by atoms with E-state index < -0.39 is 0 Å². The van der Waals surface area contributed by atoms with Crippen LogP contribution >= 0.6 is 34.4 Å². The SMILES string of the molecule is Cn1c(COc2cccc3ccccc23)nnc1SCC(=O)Nc1ccc(I)cc1. The summed E-state index contributed by atoms with van der Waals surface area (Å²) in [7, 11) is 1.88. The van der Waals surface area contributed by atoms with Crippen molar-refractivity contribution in [3.05, 3.63) is 76.1 Å². The van der Waals surface area contributed by atoms with Crippen molar-refractivity contribution in [2.45, 2.75) is 11.8 Å². The number of fused-ring (bicyclic) bond motifs is 1. The number of carbonyl (C=O) groups is 1. The summed E-state index contributed by atoms with van der Waals surface area (Å²) in [6.45, 7) is 0.299. The third-order valence-corrected chi connectivity index (χ3v) is 6.23. The van der Waals surface area contributed by atoms with Gasteiger partial charge in [-0.15, -0.1) is 10.2 Å². The minimum Gasteiger partial charge on any atom is -0.485 e. The Balaban J connectivity index is 1.35. The van der Waals surface area contributed by atoms with Crippen LogP contribution in [-0.2, 0) is 18.4 Å². The lowest BCUT2D eigenvalue weighted by atomic mass is 10.1. The second-order valence-electron chi connectivity index (χ2n) is 6.57. The number of anilines is 1. The zero-order chi connectivity index (χ0) is 20.9. The molecule has 0 saturated heterocycles. The summed E-state index contributed by atoms with van der Waals surface area (Å²) < 4.78 is 8.98. The molecule has 152 valence electrons. The number of halogens is 1. The number of rotatable bonds is 7. The maximum Gasteiger partial charge on any atom is 0.234 e. The molecule has 3 aromatic carbocycles. The van der Waals surface area contributed by atoms with Crippen LogP contribution in [0.1, 0.15) is 5.82 Å². The number of thioether (sulfide) groups is 1. The summed E-state index contributed by atoms with van der Waals surface area (Å²) in [5, 5.41) is 14.2. The summed E-state index contributed by atoms with van der Waals surface area (Å²) in [4.78, 5) is 12.2. The van der Waals surface area contributed by atoms with E-state index in [-0.39, 0.29) is 11.7 Å². The largest absolute Gasteiger partial charge is 0.485 e. The highest BCUT2D eigenvalue weighted by Gasteiger charge is 2.13. The van der Waals surface area contributed by atoms with Gasteiger partial charge in [-0.1, -0.05) is 48.2 Å². The fourth-order valence-electron chi connectivity index (χ4n) is 2.92. The monoisotopic (exact) mass is 530 g/mol. The van der Waals surface area contributed by atoms with Crippen molar-refractivity contribution >= 4 is 56.7 Å².